The first-order valence-electron chi connectivity index (χ1n) is 9.35. The van der Waals surface area contributed by atoms with Gasteiger partial charge in [0.1, 0.15) is 18.2 Å². The maximum Gasteiger partial charge on any atom is 0.254 e. The summed E-state index contributed by atoms with van der Waals surface area (Å²) in [5, 5.41) is 3.09. The lowest BCUT2D eigenvalue weighted by atomic mass is 9.98. The minimum absolute atomic E-state index is 0.0217. The number of ether oxygens (including phenoxy) is 1. The molecule has 28 heavy (non-hydrogen) atoms. The smallest absolute Gasteiger partial charge is 0.254 e. The molecule has 2 heterocycles. The molecule has 1 unspecified atom stereocenters. The molecule has 6 heteroatoms. The molecule has 1 aliphatic heterocycles. The van der Waals surface area contributed by atoms with Gasteiger partial charge in [-0.05, 0) is 48.7 Å². The lowest BCUT2D eigenvalue weighted by Gasteiger charge is -2.32. The van der Waals surface area contributed by atoms with Gasteiger partial charge in [0.25, 0.3) is 5.91 Å². The first kappa shape index (κ1) is 18.6. The highest BCUT2D eigenvalue weighted by atomic mass is 32.1. The number of piperidine rings is 1. The van der Waals surface area contributed by atoms with Crippen molar-refractivity contribution in [2.24, 2.45) is 0 Å². The highest BCUT2D eigenvalue weighted by Gasteiger charge is 2.27. The molecule has 4 nitrogen and oxygen atoms in total. The Kier molecular flexibility index (Phi) is 5.67. The number of benzene rings is 2. The summed E-state index contributed by atoms with van der Waals surface area (Å²) in [5.41, 5.74) is 1.50. The minimum Gasteiger partial charge on any atom is -0.489 e. The van der Waals surface area contributed by atoms with Crippen molar-refractivity contribution >= 4 is 17.2 Å². The number of hydrogen-bond donors (Lipinski definition) is 0. The van der Waals surface area contributed by atoms with Crippen molar-refractivity contribution in [2.75, 3.05) is 13.1 Å². The lowest BCUT2D eigenvalue weighted by molar-refractivity contribution is 0.0706. The third kappa shape index (κ3) is 4.39. The van der Waals surface area contributed by atoms with E-state index in [2.05, 4.69) is 4.98 Å². The summed E-state index contributed by atoms with van der Waals surface area (Å²) in [6.07, 6.45) is 3.87. The van der Waals surface area contributed by atoms with Gasteiger partial charge in [-0.15, -0.1) is 11.3 Å². The van der Waals surface area contributed by atoms with Crippen molar-refractivity contribution < 1.29 is 13.9 Å². The van der Waals surface area contributed by atoms with Gasteiger partial charge in [-0.1, -0.05) is 18.2 Å². The molecule has 1 aliphatic rings. The molecule has 4 rings (SSSR count). The first-order valence-corrected chi connectivity index (χ1v) is 10.2. The summed E-state index contributed by atoms with van der Waals surface area (Å²) in [5.74, 6) is 0.696. The molecule has 0 radical (unpaired) electrons. The van der Waals surface area contributed by atoms with Crippen LogP contribution in [0.25, 0.3) is 0 Å². The van der Waals surface area contributed by atoms with E-state index in [9.17, 15) is 9.18 Å². The Labute approximate surface area is 167 Å². The van der Waals surface area contributed by atoms with Gasteiger partial charge in [0.15, 0.2) is 0 Å². The van der Waals surface area contributed by atoms with E-state index in [1.54, 1.807) is 29.5 Å². The molecule has 3 aromatic rings. The van der Waals surface area contributed by atoms with Crippen LogP contribution in [0.4, 0.5) is 4.39 Å². The van der Waals surface area contributed by atoms with Crippen molar-refractivity contribution in [1.29, 1.82) is 0 Å². The summed E-state index contributed by atoms with van der Waals surface area (Å²) < 4.78 is 18.8. The number of likely N-dealkylation sites (tertiary alicyclic amines) is 1. The molecule has 0 saturated carbocycles. The van der Waals surface area contributed by atoms with E-state index >= 15 is 0 Å². The van der Waals surface area contributed by atoms with E-state index in [0.29, 0.717) is 30.4 Å². The fourth-order valence-corrected chi connectivity index (χ4v) is 4.22. The number of aromatic nitrogens is 1. The van der Waals surface area contributed by atoms with Crippen LogP contribution in [0.1, 0.15) is 39.7 Å². The molecule has 1 aromatic heterocycles. The summed E-state index contributed by atoms with van der Waals surface area (Å²) in [6, 6.07) is 13.5. The van der Waals surface area contributed by atoms with E-state index in [4.69, 9.17) is 4.74 Å². The lowest BCUT2D eigenvalue weighted by Crippen LogP contribution is -2.39. The van der Waals surface area contributed by atoms with E-state index < -0.39 is 0 Å². The second kappa shape index (κ2) is 8.52. The van der Waals surface area contributed by atoms with E-state index in [0.717, 1.165) is 30.0 Å². The topological polar surface area (TPSA) is 42.4 Å². The second-order valence-corrected chi connectivity index (χ2v) is 7.83. The van der Waals surface area contributed by atoms with Crippen LogP contribution >= 0.6 is 11.3 Å². The molecule has 2 aromatic carbocycles. The normalized spacial score (nSPS) is 16.8. The minimum atomic E-state index is -0.270. The van der Waals surface area contributed by atoms with Gasteiger partial charge < -0.3 is 9.64 Å². The predicted octanol–water partition coefficient (Wildman–Crippen LogP) is 4.88. The van der Waals surface area contributed by atoms with Gasteiger partial charge in [0.05, 0.1) is 5.01 Å². The van der Waals surface area contributed by atoms with Crippen LogP contribution in [0, 0.1) is 5.82 Å². The number of thiazole rings is 1. The molecule has 1 fully saturated rings. The van der Waals surface area contributed by atoms with Gasteiger partial charge in [-0.2, -0.15) is 0 Å². The Bertz CT molecular complexity index is 928. The number of hydrogen-bond acceptors (Lipinski definition) is 4. The maximum absolute atomic E-state index is 13.0. The highest BCUT2D eigenvalue weighted by Crippen LogP contribution is 2.29. The molecule has 144 valence electrons. The van der Waals surface area contributed by atoms with Crippen molar-refractivity contribution in [1.82, 2.24) is 9.88 Å². The van der Waals surface area contributed by atoms with E-state index in [1.165, 1.54) is 12.1 Å². The predicted molar refractivity (Wildman–Crippen MR) is 107 cm³/mol. The number of amides is 1. The van der Waals surface area contributed by atoms with Crippen LogP contribution in [-0.4, -0.2) is 28.9 Å². The molecule has 0 bridgehead atoms. The van der Waals surface area contributed by atoms with E-state index in [-0.39, 0.29) is 11.7 Å². The fourth-order valence-electron chi connectivity index (χ4n) is 3.45. The molecule has 0 N–H and O–H groups in total. The first-order chi connectivity index (χ1) is 13.7. The van der Waals surface area contributed by atoms with Crippen LogP contribution in [0.5, 0.6) is 5.75 Å². The highest BCUT2D eigenvalue weighted by molar-refractivity contribution is 7.09. The zero-order chi connectivity index (χ0) is 19.3. The van der Waals surface area contributed by atoms with Gasteiger partial charge in [-0.3, -0.25) is 4.79 Å². The number of rotatable bonds is 5. The SMILES string of the molecule is O=C(c1cccc(OCc2ccc(F)cc2)c1)N1CCCC(c2nccs2)C1. The zero-order valence-electron chi connectivity index (χ0n) is 15.4. The fraction of sp³-hybridized carbons (Fsp3) is 0.273. The molecule has 1 atom stereocenters. The van der Waals surface area contributed by atoms with Gasteiger partial charge >= 0.3 is 0 Å². The van der Waals surface area contributed by atoms with Crippen LogP contribution in [0.3, 0.4) is 0 Å². The average Bonchev–Trinajstić information content (AvgIpc) is 3.28. The Morgan fingerprint density at radius 1 is 1.25 bits per heavy atom. The van der Waals surface area contributed by atoms with Crippen molar-refractivity contribution in [2.45, 2.75) is 25.4 Å². The summed E-state index contributed by atoms with van der Waals surface area (Å²) in [6.45, 7) is 1.79. The van der Waals surface area contributed by atoms with Crippen LogP contribution in [0.2, 0.25) is 0 Å². The Balaban J connectivity index is 1.41. The van der Waals surface area contributed by atoms with Crippen molar-refractivity contribution in [3.05, 3.63) is 82.1 Å². The largest absolute Gasteiger partial charge is 0.489 e. The standard InChI is InChI=1S/C22H21FN2O2S/c23-19-8-6-16(7-9-19)15-27-20-5-1-3-17(13-20)22(26)25-11-2-4-18(14-25)21-24-10-12-28-21/h1,3,5-10,12-13,18H,2,4,11,14-15H2. The zero-order valence-corrected chi connectivity index (χ0v) is 16.2. The quantitative estimate of drug-likeness (QED) is 0.617. The van der Waals surface area contributed by atoms with Crippen LogP contribution in [0.15, 0.2) is 60.1 Å². The maximum atomic E-state index is 13.0. The third-order valence-electron chi connectivity index (χ3n) is 4.91. The molecule has 0 aliphatic carbocycles. The van der Waals surface area contributed by atoms with E-state index in [1.807, 2.05) is 34.7 Å². The molecule has 1 saturated heterocycles. The van der Waals surface area contributed by atoms with Crippen LogP contribution in [-0.2, 0) is 6.61 Å². The Morgan fingerprint density at radius 3 is 2.89 bits per heavy atom. The monoisotopic (exact) mass is 396 g/mol. The van der Waals surface area contributed by atoms with Gasteiger partial charge in [-0.25, -0.2) is 9.37 Å². The van der Waals surface area contributed by atoms with Crippen molar-refractivity contribution in [3.8, 4) is 5.75 Å². The molecular formula is C22H21FN2O2S. The van der Waals surface area contributed by atoms with Crippen molar-refractivity contribution in [3.63, 3.8) is 0 Å². The number of carbonyl (C=O) groups excluding carboxylic acids is 1. The second-order valence-electron chi connectivity index (χ2n) is 6.90. The molecule has 0 spiro atoms. The van der Waals surface area contributed by atoms with Gasteiger partial charge in [0.2, 0.25) is 0 Å². The Hall–Kier alpha value is -2.73. The average molecular weight is 396 g/mol. The molecule has 1 amide bonds. The Morgan fingerprint density at radius 2 is 2.11 bits per heavy atom. The van der Waals surface area contributed by atoms with Gasteiger partial charge in [0, 0.05) is 36.1 Å². The number of halogens is 1. The summed E-state index contributed by atoms with van der Waals surface area (Å²) in [7, 11) is 0. The third-order valence-corrected chi connectivity index (χ3v) is 5.85. The number of nitrogens with zero attached hydrogens (tertiary/aromatic N) is 2. The number of carbonyl (C=O) groups is 1. The summed E-state index contributed by atoms with van der Waals surface area (Å²) in [4.78, 5) is 19.3. The molecular weight excluding hydrogens is 375 g/mol. The van der Waals surface area contributed by atoms with Crippen LogP contribution < -0.4 is 4.74 Å². The summed E-state index contributed by atoms with van der Waals surface area (Å²) >= 11 is 1.65.